The highest BCUT2D eigenvalue weighted by molar-refractivity contribution is 5.82. The number of amides is 1. The van der Waals surface area contributed by atoms with Gasteiger partial charge < -0.3 is 16.0 Å². The number of H-pyrrole nitrogens is 1. The number of hydrogen-bond donors (Lipinski definition) is 3. The van der Waals surface area contributed by atoms with Crippen LogP contribution in [0, 0.1) is 0 Å². The number of rotatable bonds is 10. The second kappa shape index (κ2) is 10.3. The Labute approximate surface area is 164 Å². The van der Waals surface area contributed by atoms with E-state index in [1.54, 1.807) is 4.90 Å². The summed E-state index contributed by atoms with van der Waals surface area (Å²) >= 11 is 0. The zero-order valence-corrected chi connectivity index (χ0v) is 16.5. The van der Waals surface area contributed by atoms with E-state index in [0.717, 1.165) is 24.8 Å². The zero-order valence-electron chi connectivity index (χ0n) is 16.5. The number of benzene rings is 1. The lowest BCUT2D eigenvalue weighted by atomic mass is 10.2. The molecule has 2 rings (SSSR count). The molecule has 0 spiro atoms. The molecule has 2 aromatic rings. The highest BCUT2D eigenvalue weighted by Gasteiger charge is 2.21. The lowest BCUT2D eigenvalue weighted by Crippen LogP contribution is -2.42. The van der Waals surface area contributed by atoms with Gasteiger partial charge in [-0.1, -0.05) is 50.6 Å². The van der Waals surface area contributed by atoms with Crippen LogP contribution in [0.3, 0.4) is 0 Å². The SMILES string of the molecule is CCCCn1c(N)c(N(CC(=O)NCCC)Cc2ccccc2)c(=O)[nH]c1=O. The molecule has 0 aliphatic carbocycles. The molecule has 4 N–H and O–H groups in total. The molecule has 152 valence electrons. The quantitative estimate of drug-likeness (QED) is 0.571. The van der Waals surface area contributed by atoms with Crippen LogP contribution in [0.25, 0.3) is 0 Å². The molecule has 0 aliphatic rings. The Morgan fingerprint density at radius 3 is 2.54 bits per heavy atom. The van der Waals surface area contributed by atoms with Gasteiger partial charge in [-0.05, 0) is 18.4 Å². The first-order valence-corrected chi connectivity index (χ1v) is 9.66. The molecule has 0 bridgehead atoms. The summed E-state index contributed by atoms with van der Waals surface area (Å²) in [5.74, 6) is -0.121. The number of carbonyl (C=O) groups excluding carboxylic acids is 1. The van der Waals surface area contributed by atoms with Gasteiger partial charge in [-0.2, -0.15) is 0 Å². The van der Waals surface area contributed by atoms with E-state index in [1.165, 1.54) is 4.57 Å². The van der Waals surface area contributed by atoms with Crippen molar-refractivity contribution in [3.8, 4) is 0 Å². The van der Waals surface area contributed by atoms with Crippen molar-refractivity contribution < 1.29 is 4.79 Å². The molecule has 0 aliphatic heterocycles. The molecule has 28 heavy (non-hydrogen) atoms. The molecule has 0 unspecified atom stereocenters. The highest BCUT2D eigenvalue weighted by atomic mass is 16.2. The monoisotopic (exact) mass is 387 g/mol. The van der Waals surface area contributed by atoms with E-state index in [9.17, 15) is 14.4 Å². The predicted molar refractivity (Wildman–Crippen MR) is 111 cm³/mol. The molecule has 1 amide bonds. The van der Waals surface area contributed by atoms with Gasteiger partial charge in [-0.15, -0.1) is 0 Å². The Kier molecular flexibility index (Phi) is 7.86. The van der Waals surface area contributed by atoms with Gasteiger partial charge in [0.25, 0.3) is 5.56 Å². The van der Waals surface area contributed by atoms with E-state index >= 15 is 0 Å². The van der Waals surface area contributed by atoms with E-state index in [4.69, 9.17) is 5.73 Å². The third-order valence-electron chi connectivity index (χ3n) is 4.39. The van der Waals surface area contributed by atoms with E-state index in [2.05, 4.69) is 10.3 Å². The number of nitrogens with zero attached hydrogens (tertiary/aromatic N) is 2. The second-order valence-electron chi connectivity index (χ2n) is 6.69. The van der Waals surface area contributed by atoms with Crippen molar-refractivity contribution in [1.82, 2.24) is 14.9 Å². The number of anilines is 2. The summed E-state index contributed by atoms with van der Waals surface area (Å²) in [6, 6.07) is 9.50. The Morgan fingerprint density at radius 2 is 1.89 bits per heavy atom. The number of nitrogens with one attached hydrogen (secondary N) is 2. The minimum Gasteiger partial charge on any atom is -0.383 e. The van der Waals surface area contributed by atoms with Crippen molar-refractivity contribution in [1.29, 1.82) is 0 Å². The van der Waals surface area contributed by atoms with E-state index in [-0.39, 0.29) is 24.0 Å². The minimum atomic E-state index is -0.588. The highest BCUT2D eigenvalue weighted by Crippen LogP contribution is 2.19. The summed E-state index contributed by atoms with van der Waals surface area (Å²) in [5, 5.41) is 2.82. The number of hydrogen-bond acceptors (Lipinski definition) is 5. The maximum Gasteiger partial charge on any atom is 0.330 e. The van der Waals surface area contributed by atoms with Gasteiger partial charge in [-0.25, -0.2) is 4.79 Å². The molecule has 0 saturated carbocycles. The second-order valence-corrected chi connectivity index (χ2v) is 6.69. The Balaban J connectivity index is 2.45. The average molecular weight is 387 g/mol. The first kappa shape index (κ1) is 21.3. The van der Waals surface area contributed by atoms with Crippen molar-refractivity contribution in [2.75, 3.05) is 23.7 Å². The fraction of sp³-hybridized carbons (Fsp3) is 0.450. The summed E-state index contributed by atoms with van der Waals surface area (Å²) in [6.45, 7) is 5.22. The fourth-order valence-corrected chi connectivity index (χ4v) is 2.93. The summed E-state index contributed by atoms with van der Waals surface area (Å²) in [6.07, 6.45) is 2.45. The van der Waals surface area contributed by atoms with E-state index in [1.807, 2.05) is 44.2 Å². The van der Waals surface area contributed by atoms with Gasteiger partial charge in [0.1, 0.15) is 11.5 Å². The number of aromatic amines is 1. The number of nitrogen functional groups attached to an aromatic ring is 1. The lowest BCUT2D eigenvalue weighted by molar-refractivity contribution is -0.119. The third-order valence-corrected chi connectivity index (χ3v) is 4.39. The van der Waals surface area contributed by atoms with E-state index in [0.29, 0.717) is 19.6 Å². The third kappa shape index (κ3) is 5.48. The lowest BCUT2D eigenvalue weighted by Gasteiger charge is -2.26. The molecule has 0 radical (unpaired) electrons. The number of nitrogens with two attached hydrogens (primary N) is 1. The van der Waals surface area contributed by atoms with Crippen LogP contribution in [0.2, 0.25) is 0 Å². The molecule has 8 nitrogen and oxygen atoms in total. The Morgan fingerprint density at radius 1 is 1.18 bits per heavy atom. The summed E-state index contributed by atoms with van der Waals surface area (Å²) < 4.78 is 1.36. The molecular formula is C20H29N5O3. The van der Waals surface area contributed by atoms with Crippen LogP contribution in [0.1, 0.15) is 38.7 Å². The predicted octanol–water partition coefficient (Wildman–Crippen LogP) is 1.45. The molecule has 1 aromatic heterocycles. The van der Waals surface area contributed by atoms with Crippen LogP contribution >= 0.6 is 0 Å². The molecule has 1 heterocycles. The maximum absolute atomic E-state index is 12.6. The molecule has 0 atom stereocenters. The van der Waals surface area contributed by atoms with Crippen molar-refractivity contribution in [2.45, 2.75) is 46.2 Å². The fourth-order valence-electron chi connectivity index (χ4n) is 2.93. The van der Waals surface area contributed by atoms with Crippen LogP contribution in [0.5, 0.6) is 0 Å². The molecule has 0 fully saturated rings. The van der Waals surface area contributed by atoms with E-state index < -0.39 is 11.2 Å². The van der Waals surface area contributed by atoms with Crippen molar-refractivity contribution in [3.05, 3.63) is 56.7 Å². The van der Waals surface area contributed by atoms with Gasteiger partial charge in [0, 0.05) is 19.6 Å². The van der Waals surface area contributed by atoms with Crippen LogP contribution in [-0.2, 0) is 17.9 Å². The standard InChI is InChI=1S/C20H29N5O3/c1-3-5-12-25-18(21)17(19(27)23-20(25)28)24(14-16(26)22-11-4-2)13-15-9-7-6-8-10-15/h6-10H,3-5,11-14,21H2,1-2H3,(H,22,26)(H,23,27,28). The van der Waals surface area contributed by atoms with Gasteiger partial charge in [-0.3, -0.25) is 19.1 Å². The van der Waals surface area contributed by atoms with Gasteiger partial charge in [0.05, 0.1) is 6.54 Å². The summed E-state index contributed by atoms with van der Waals surface area (Å²) in [4.78, 5) is 41.1. The van der Waals surface area contributed by atoms with Crippen LogP contribution in [0.15, 0.2) is 39.9 Å². The van der Waals surface area contributed by atoms with Gasteiger partial charge >= 0.3 is 5.69 Å². The van der Waals surface area contributed by atoms with Crippen LogP contribution in [0.4, 0.5) is 11.5 Å². The molecule has 0 saturated heterocycles. The minimum absolute atomic E-state index is 0.0336. The topological polar surface area (TPSA) is 113 Å². The number of unbranched alkanes of at least 4 members (excludes halogenated alkanes) is 1. The number of carbonyl (C=O) groups is 1. The Hall–Kier alpha value is -3.03. The van der Waals surface area contributed by atoms with Crippen LogP contribution < -0.4 is 27.2 Å². The van der Waals surface area contributed by atoms with Crippen molar-refractivity contribution in [3.63, 3.8) is 0 Å². The first-order chi connectivity index (χ1) is 13.5. The van der Waals surface area contributed by atoms with Crippen molar-refractivity contribution >= 4 is 17.4 Å². The zero-order chi connectivity index (χ0) is 20.5. The van der Waals surface area contributed by atoms with Crippen molar-refractivity contribution in [2.24, 2.45) is 0 Å². The van der Waals surface area contributed by atoms with Gasteiger partial charge in [0.15, 0.2) is 0 Å². The first-order valence-electron chi connectivity index (χ1n) is 9.66. The summed E-state index contributed by atoms with van der Waals surface area (Å²) in [5.41, 5.74) is 6.18. The average Bonchev–Trinajstić information content (AvgIpc) is 2.66. The largest absolute Gasteiger partial charge is 0.383 e. The number of aromatic nitrogens is 2. The molecular weight excluding hydrogens is 358 g/mol. The maximum atomic E-state index is 12.6. The normalized spacial score (nSPS) is 10.6. The summed E-state index contributed by atoms with van der Waals surface area (Å²) in [7, 11) is 0. The molecule has 1 aromatic carbocycles. The smallest absolute Gasteiger partial charge is 0.330 e. The van der Waals surface area contributed by atoms with Gasteiger partial charge in [0.2, 0.25) is 5.91 Å². The molecule has 8 heteroatoms. The van der Waals surface area contributed by atoms with Crippen LogP contribution in [-0.4, -0.2) is 28.5 Å². The Bertz CT molecular complexity index is 889.